The summed E-state index contributed by atoms with van der Waals surface area (Å²) in [6, 6.07) is 7.60. The van der Waals surface area contributed by atoms with Gasteiger partial charge in [0.05, 0.1) is 17.1 Å². The molecule has 5 nitrogen and oxygen atoms in total. The minimum atomic E-state index is -0.0316. The van der Waals surface area contributed by atoms with E-state index in [1.165, 1.54) is 0 Å². The van der Waals surface area contributed by atoms with Crippen LogP contribution in [-0.2, 0) is 11.2 Å². The molecule has 0 aliphatic rings. The van der Waals surface area contributed by atoms with Crippen molar-refractivity contribution in [3.8, 4) is 0 Å². The van der Waals surface area contributed by atoms with E-state index in [1.54, 1.807) is 0 Å². The van der Waals surface area contributed by atoms with Crippen LogP contribution in [0.3, 0.4) is 0 Å². The van der Waals surface area contributed by atoms with Crippen LogP contribution in [0.25, 0.3) is 0 Å². The van der Waals surface area contributed by atoms with Crippen LogP contribution in [0.2, 0.25) is 0 Å². The number of aromatic nitrogens is 2. The lowest BCUT2D eigenvalue weighted by molar-refractivity contribution is -0.116. The van der Waals surface area contributed by atoms with Gasteiger partial charge < -0.3 is 11.1 Å². The van der Waals surface area contributed by atoms with Crippen molar-refractivity contribution < 1.29 is 4.79 Å². The number of carbonyl (C=O) groups excluding carboxylic acids is 1. The number of hydrogen-bond donors (Lipinski definition) is 3. The number of aryl methyl sites for hydroxylation is 3. The summed E-state index contributed by atoms with van der Waals surface area (Å²) in [5.41, 5.74) is 10.0. The molecular weight excluding hydrogens is 240 g/mol. The lowest BCUT2D eigenvalue weighted by Gasteiger charge is -2.07. The Kier molecular flexibility index (Phi) is 3.85. The molecule has 2 rings (SSSR count). The second-order valence-electron chi connectivity index (χ2n) is 4.56. The van der Waals surface area contributed by atoms with Gasteiger partial charge in [0.15, 0.2) is 0 Å². The van der Waals surface area contributed by atoms with Crippen molar-refractivity contribution in [2.24, 2.45) is 0 Å². The molecule has 1 amide bonds. The van der Waals surface area contributed by atoms with Gasteiger partial charge in [-0.25, -0.2) is 0 Å². The minimum Gasteiger partial charge on any atom is -0.399 e. The molecule has 0 fully saturated rings. The fourth-order valence-electron chi connectivity index (χ4n) is 1.95. The quantitative estimate of drug-likeness (QED) is 0.735. The first-order chi connectivity index (χ1) is 9.08. The van der Waals surface area contributed by atoms with E-state index in [0.717, 1.165) is 28.3 Å². The van der Waals surface area contributed by atoms with E-state index in [9.17, 15) is 4.79 Å². The number of hydrogen-bond acceptors (Lipinski definition) is 3. The maximum Gasteiger partial charge on any atom is 0.224 e. The molecule has 2 aromatic rings. The number of nitrogens with one attached hydrogen (secondary N) is 2. The van der Waals surface area contributed by atoms with Crippen LogP contribution in [0.1, 0.15) is 23.4 Å². The van der Waals surface area contributed by atoms with Crippen molar-refractivity contribution in [1.29, 1.82) is 0 Å². The van der Waals surface area contributed by atoms with Crippen molar-refractivity contribution in [3.63, 3.8) is 0 Å². The number of rotatable bonds is 4. The molecule has 4 N–H and O–H groups in total. The number of nitrogens with two attached hydrogens (primary N) is 1. The molecule has 100 valence electrons. The highest BCUT2D eigenvalue weighted by Gasteiger charge is 2.10. The van der Waals surface area contributed by atoms with Crippen molar-refractivity contribution in [2.45, 2.75) is 26.7 Å². The van der Waals surface area contributed by atoms with Crippen LogP contribution in [-0.4, -0.2) is 16.1 Å². The third kappa shape index (κ3) is 3.13. The molecular formula is C14H18N4O. The zero-order valence-corrected chi connectivity index (χ0v) is 11.2. The van der Waals surface area contributed by atoms with Crippen molar-refractivity contribution in [2.75, 3.05) is 11.1 Å². The minimum absolute atomic E-state index is 0.0316. The van der Waals surface area contributed by atoms with Crippen LogP contribution in [0.15, 0.2) is 24.3 Å². The van der Waals surface area contributed by atoms with Gasteiger partial charge in [0, 0.05) is 12.1 Å². The Balaban J connectivity index is 1.94. The number of nitrogens with zero attached hydrogens (tertiary/aromatic N) is 1. The van der Waals surface area contributed by atoms with Gasteiger partial charge in [0.1, 0.15) is 0 Å². The highest BCUT2D eigenvalue weighted by molar-refractivity contribution is 5.92. The number of benzene rings is 1. The predicted octanol–water partition coefficient (Wildman–Crippen LogP) is 2.18. The molecule has 0 saturated heterocycles. The average molecular weight is 258 g/mol. The number of nitrogen functional groups attached to an aromatic ring is 1. The van der Waals surface area contributed by atoms with Gasteiger partial charge in [-0.1, -0.05) is 18.2 Å². The van der Waals surface area contributed by atoms with E-state index in [1.807, 2.05) is 38.1 Å². The maximum atomic E-state index is 11.9. The van der Waals surface area contributed by atoms with E-state index in [-0.39, 0.29) is 5.91 Å². The van der Waals surface area contributed by atoms with E-state index >= 15 is 0 Å². The Morgan fingerprint density at radius 3 is 2.74 bits per heavy atom. The summed E-state index contributed by atoms with van der Waals surface area (Å²) < 4.78 is 0. The number of amides is 1. The first-order valence-electron chi connectivity index (χ1n) is 6.22. The molecule has 0 spiro atoms. The van der Waals surface area contributed by atoms with Gasteiger partial charge >= 0.3 is 0 Å². The highest BCUT2D eigenvalue weighted by atomic mass is 16.1. The third-order valence-electron chi connectivity index (χ3n) is 3.07. The monoisotopic (exact) mass is 258 g/mol. The smallest absolute Gasteiger partial charge is 0.224 e. The summed E-state index contributed by atoms with van der Waals surface area (Å²) in [5.74, 6) is -0.0316. The molecule has 0 aliphatic carbocycles. The number of H-pyrrole nitrogens is 1. The maximum absolute atomic E-state index is 11.9. The summed E-state index contributed by atoms with van der Waals surface area (Å²) in [4.78, 5) is 11.9. The zero-order valence-electron chi connectivity index (χ0n) is 11.2. The average Bonchev–Trinajstić information content (AvgIpc) is 2.70. The molecule has 0 bridgehead atoms. The first kappa shape index (κ1) is 13.1. The van der Waals surface area contributed by atoms with Crippen LogP contribution in [0.4, 0.5) is 11.4 Å². The molecule has 0 aliphatic heterocycles. The van der Waals surface area contributed by atoms with Crippen molar-refractivity contribution in [3.05, 3.63) is 41.2 Å². The van der Waals surface area contributed by atoms with Gasteiger partial charge in [-0.2, -0.15) is 5.10 Å². The molecule has 1 aromatic carbocycles. The Morgan fingerprint density at radius 1 is 1.37 bits per heavy atom. The van der Waals surface area contributed by atoms with E-state index in [4.69, 9.17) is 5.73 Å². The number of aromatic amines is 1. The Hall–Kier alpha value is -2.30. The van der Waals surface area contributed by atoms with E-state index < -0.39 is 0 Å². The Morgan fingerprint density at radius 2 is 2.11 bits per heavy atom. The third-order valence-corrected chi connectivity index (χ3v) is 3.07. The Labute approximate surface area is 112 Å². The molecule has 0 unspecified atom stereocenters. The van der Waals surface area contributed by atoms with Gasteiger partial charge in [-0.3, -0.25) is 9.89 Å². The van der Waals surface area contributed by atoms with E-state index in [2.05, 4.69) is 15.5 Å². The number of carbonyl (C=O) groups is 1. The summed E-state index contributed by atoms with van der Waals surface area (Å²) in [6.45, 7) is 3.74. The summed E-state index contributed by atoms with van der Waals surface area (Å²) in [5, 5.41) is 9.76. The lowest BCUT2D eigenvalue weighted by atomic mass is 10.1. The first-order valence-corrected chi connectivity index (χ1v) is 6.22. The molecule has 0 radical (unpaired) electrons. The topological polar surface area (TPSA) is 83.8 Å². The van der Waals surface area contributed by atoms with Crippen LogP contribution >= 0.6 is 0 Å². The normalized spacial score (nSPS) is 10.4. The standard InChI is InChI=1S/C14H18N4O/c1-9-14(10(2)18-17-9)16-13(19)8-7-11-5-3-4-6-12(11)15/h3-6H,7-8,15H2,1-2H3,(H,16,19)(H,17,18). The highest BCUT2D eigenvalue weighted by Crippen LogP contribution is 2.17. The lowest BCUT2D eigenvalue weighted by Crippen LogP contribution is -2.13. The van der Waals surface area contributed by atoms with E-state index in [0.29, 0.717) is 12.8 Å². The largest absolute Gasteiger partial charge is 0.399 e. The van der Waals surface area contributed by atoms with Gasteiger partial charge in [-0.05, 0) is 31.9 Å². The van der Waals surface area contributed by atoms with Gasteiger partial charge in [0.2, 0.25) is 5.91 Å². The fourth-order valence-corrected chi connectivity index (χ4v) is 1.95. The summed E-state index contributed by atoms with van der Waals surface area (Å²) in [7, 11) is 0. The molecule has 0 saturated carbocycles. The Bertz CT molecular complexity index is 569. The van der Waals surface area contributed by atoms with Crippen molar-refractivity contribution in [1.82, 2.24) is 10.2 Å². The number of anilines is 2. The zero-order chi connectivity index (χ0) is 13.8. The fraction of sp³-hybridized carbons (Fsp3) is 0.286. The van der Waals surface area contributed by atoms with Crippen LogP contribution in [0.5, 0.6) is 0 Å². The van der Waals surface area contributed by atoms with Crippen LogP contribution < -0.4 is 11.1 Å². The summed E-state index contributed by atoms with van der Waals surface area (Å²) >= 11 is 0. The second kappa shape index (κ2) is 5.56. The molecule has 1 aromatic heterocycles. The molecule has 5 heteroatoms. The molecule has 19 heavy (non-hydrogen) atoms. The van der Waals surface area contributed by atoms with Crippen molar-refractivity contribution >= 4 is 17.3 Å². The predicted molar refractivity (Wildman–Crippen MR) is 75.9 cm³/mol. The molecule has 1 heterocycles. The van der Waals surface area contributed by atoms with Gasteiger partial charge in [-0.15, -0.1) is 0 Å². The molecule has 0 atom stereocenters. The second-order valence-corrected chi connectivity index (χ2v) is 4.56. The number of para-hydroxylation sites is 1. The van der Waals surface area contributed by atoms with Crippen LogP contribution in [0, 0.1) is 13.8 Å². The van der Waals surface area contributed by atoms with Gasteiger partial charge in [0.25, 0.3) is 0 Å². The SMILES string of the molecule is Cc1n[nH]c(C)c1NC(=O)CCc1ccccc1N. The summed E-state index contributed by atoms with van der Waals surface area (Å²) in [6.07, 6.45) is 1.03.